The van der Waals surface area contributed by atoms with Crippen LogP contribution in [0.4, 0.5) is 0 Å². The molecule has 2 atom stereocenters. The van der Waals surface area contributed by atoms with Crippen molar-refractivity contribution in [3.8, 4) is 0 Å². The van der Waals surface area contributed by atoms with E-state index < -0.39 is 0 Å². The predicted molar refractivity (Wildman–Crippen MR) is 55.9 cm³/mol. The third-order valence-corrected chi connectivity index (χ3v) is 3.58. The lowest BCUT2D eigenvalue weighted by Crippen LogP contribution is -2.38. The summed E-state index contributed by atoms with van der Waals surface area (Å²) in [6, 6.07) is 1.77. The number of hydrogen-bond acceptors (Lipinski definition) is 2. The Hall–Kier alpha value is -0.0800. The first-order valence-corrected chi connectivity index (χ1v) is 5.88. The molecule has 2 aliphatic rings. The largest absolute Gasteiger partial charge is 0.315 e. The lowest BCUT2D eigenvalue weighted by atomic mass is 10.1. The zero-order valence-corrected chi connectivity index (χ0v) is 8.76. The smallest absolute Gasteiger partial charge is 0.0224 e. The predicted octanol–water partition coefficient (Wildman–Crippen LogP) is 1.61. The summed E-state index contributed by atoms with van der Waals surface area (Å²) in [6.45, 7) is 6.11. The Morgan fingerprint density at radius 3 is 2.92 bits per heavy atom. The highest BCUT2D eigenvalue weighted by Gasteiger charge is 2.33. The van der Waals surface area contributed by atoms with Crippen molar-refractivity contribution in [2.24, 2.45) is 0 Å². The van der Waals surface area contributed by atoms with Gasteiger partial charge >= 0.3 is 0 Å². The Bertz CT molecular complexity index is 144. The maximum Gasteiger partial charge on any atom is 0.0224 e. The van der Waals surface area contributed by atoms with E-state index in [4.69, 9.17) is 0 Å². The van der Waals surface area contributed by atoms with Crippen LogP contribution in [-0.4, -0.2) is 36.6 Å². The molecule has 1 N–H and O–H groups in total. The Morgan fingerprint density at radius 1 is 1.23 bits per heavy atom. The van der Waals surface area contributed by atoms with Gasteiger partial charge in [0.1, 0.15) is 0 Å². The van der Waals surface area contributed by atoms with Crippen LogP contribution < -0.4 is 5.32 Å². The van der Waals surface area contributed by atoms with Crippen molar-refractivity contribution < 1.29 is 0 Å². The van der Waals surface area contributed by atoms with Gasteiger partial charge < -0.3 is 5.32 Å². The van der Waals surface area contributed by atoms with E-state index in [0.717, 1.165) is 12.1 Å². The zero-order chi connectivity index (χ0) is 9.10. The van der Waals surface area contributed by atoms with Gasteiger partial charge in [0.25, 0.3) is 0 Å². The molecular weight excluding hydrogens is 160 g/mol. The van der Waals surface area contributed by atoms with Crippen molar-refractivity contribution >= 4 is 0 Å². The molecule has 13 heavy (non-hydrogen) atoms. The van der Waals surface area contributed by atoms with Crippen LogP contribution in [0.2, 0.25) is 0 Å². The van der Waals surface area contributed by atoms with Crippen molar-refractivity contribution in [2.75, 3.05) is 19.6 Å². The molecule has 2 saturated heterocycles. The fraction of sp³-hybridized carbons (Fsp3) is 1.00. The van der Waals surface area contributed by atoms with Crippen LogP contribution in [0.5, 0.6) is 0 Å². The lowest BCUT2D eigenvalue weighted by molar-refractivity contribution is 0.199. The van der Waals surface area contributed by atoms with Crippen molar-refractivity contribution in [3.63, 3.8) is 0 Å². The van der Waals surface area contributed by atoms with Crippen molar-refractivity contribution in [1.82, 2.24) is 10.2 Å². The summed E-state index contributed by atoms with van der Waals surface area (Å²) < 4.78 is 0. The molecule has 0 spiro atoms. The van der Waals surface area contributed by atoms with Crippen LogP contribution in [0.3, 0.4) is 0 Å². The molecule has 0 aliphatic carbocycles. The topological polar surface area (TPSA) is 15.3 Å². The van der Waals surface area contributed by atoms with Gasteiger partial charge in [-0.15, -0.1) is 0 Å². The molecule has 2 aliphatic heterocycles. The Morgan fingerprint density at radius 2 is 2.08 bits per heavy atom. The molecule has 0 saturated carbocycles. The highest BCUT2D eigenvalue weighted by Crippen LogP contribution is 2.27. The highest BCUT2D eigenvalue weighted by molar-refractivity contribution is 4.91. The van der Waals surface area contributed by atoms with E-state index in [0.29, 0.717) is 0 Å². The van der Waals surface area contributed by atoms with Crippen LogP contribution >= 0.6 is 0 Å². The number of rotatable bonds is 3. The number of nitrogens with zero attached hydrogens (tertiary/aromatic N) is 1. The van der Waals surface area contributed by atoms with Gasteiger partial charge in [-0.25, -0.2) is 0 Å². The standard InChI is InChI=1S/C11H22N2/c1-2-3-8-13-10-4-5-11(13)9-12-7-6-10/h10-12H,2-9H2,1H3. The lowest BCUT2D eigenvalue weighted by Gasteiger charge is -2.27. The molecule has 2 heterocycles. The first kappa shape index (κ1) is 9.47. The average Bonchev–Trinajstić information content (AvgIpc) is 2.36. The van der Waals surface area contributed by atoms with Crippen LogP contribution in [0.1, 0.15) is 39.0 Å². The normalized spacial score (nSPS) is 34.8. The summed E-state index contributed by atoms with van der Waals surface area (Å²) in [7, 11) is 0. The third kappa shape index (κ3) is 2.05. The zero-order valence-electron chi connectivity index (χ0n) is 8.76. The summed E-state index contributed by atoms with van der Waals surface area (Å²) in [5.74, 6) is 0. The van der Waals surface area contributed by atoms with Gasteiger partial charge in [-0.3, -0.25) is 4.90 Å². The molecule has 0 aromatic rings. The second kappa shape index (κ2) is 4.43. The molecule has 2 rings (SSSR count). The van der Waals surface area contributed by atoms with E-state index in [9.17, 15) is 0 Å². The van der Waals surface area contributed by atoms with Crippen LogP contribution in [0.15, 0.2) is 0 Å². The quantitative estimate of drug-likeness (QED) is 0.713. The van der Waals surface area contributed by atoms with E-state index in [-0.39, 0.29) is 0 Å². The second-order valence-corrected chi connectivity index (χ2v) is 4.47. The summed E-state index contributed by atoms with van der Waals surface area (Å²) >= 11 is 0. The van der Waals surface area contributed by atoms with Crippen molar-refractivity contribution in [1.29, 1.82) is 0 Å². The molecule has 0 aromatic carbocycles. The van der Waals surface area contributed by atoms with Crippen LogP contribution in [0.25, 0.3) is 0 Å². The van der Waals surface area contributed by atoms with E-state index in [2.05, 4.69) is 17.1 Å². The molecule has 0 amide bonds. The molecule has 2 bridgehead atoms. The van der Waals surface area contributed by atoms with E-state index in [1.54, 1.807) is 0 Å². The van der Waals surface area contributed by atoms with Crippen molar-refractivity contribution in [2.45, 2.75) is 51.1 Å². The molecule has 0 aromatic heterocycles. The van der Waals surface area contributed by atoms with E-state index >= 15 is 0 Å². The fourth-order valence-electron chi connectivity index (χ4n) is 2.79. The minimum absolute atomic E-state index is 0.860. The molecular formula is C11H22N2. The monoisotopic (exact) mass is 182 g/mol. The first-order valence-electron chi connectivity index (χ1n) is 5.88. The Kier molecular flexibility index (Phi) is 3.23. The van der Waals surface area contributed by atoms with Crippen molar-refractivity contribution in [3.05, 3.63) is 0 Å². The maximum absolute atomic E-state index is 3.54. The molecule has 2 heteroatoms. The SMILES string of the molecule is CCCCN1C2CCNCC1CC2. The van der Waals surface area contributed by atoms with Gasteiger partial charge in [-0.2, -0.15) is 0 Å². The van der Waals surface area contributed by atoms with Gasteiger partial charge in [0.2, 0.25) is 0 Å². The number of nitrogens with one attached hydrogen (secondary N) is 1. The summed E-state index contributed by atoms with van der Waals surface area (Å²) in [5, 5.41) is 3.54. The summed E-state index contributed by atoms with van der Waals surface area (Å²) in [5.41, 5.74) is 0. The average molecular weight is 182 g/mol. The minimum Gasteiger partial charge on any atom is -0.315 e. The highest BCUT2D eigenvalue weighted by atomic mass is 15.2. The molecule has 2 nitrogen and oxygen atoms in total. The van der Waals surface area contributed by atoms with Gasteiger partial charge in [0.15, 0.2) is 0 Å². The van der Waals surface area contributed by atoms with E-state index in [1.807, 2.05) is 0 Å². The van der Waals surface area contributed by atoms with Gasteiger partial charge in [0.05, 0.1) is 0 Å². The number of hydrogen-bond donors (Lipinski definition) is 1. The maximum atomic E-state index is 3.54. The molecule has 2 fully saturated rings. The Balaban J connectivity index is 1.91. The van der Waals surface area contributed by atoms with Crippen LogP contribution in [-0.2, 0) is 0 Å². The van der Waals surface area contributed by atoms with Crippen LogP contribution in [0, 0.1) is 0 Å². The second-order valence-electron chi connectivity index (χ2n) is 4.47. The van der Waals surface area contributed by atoms with Gasteiger partial charge in [-0.1, -0.05) is 13.3 Å². The number of unbranched alkanes of at least 4 members (excludes halogenated alkanes) is 1. The minimum atomic E-state index is 0.860. The first-order chi connectivity index (χ1) is 6.42. The van der Waals surface area contributed by atoms with Gasteiger partial charge in [0, 0.05) is 18.6 Å². The van der Waals surface area contributed by atoms with Gasteiger partial charge in [-0.05, 0) is 38.8 Å². The molecule has 0 radical (unpaired) electrons. The number of fused-ring (bicyclic) bond motifs is 2. The molecule has 76 valence electrons. The molecule has 2 unspecified atom stereocenters. The summed E-state index contributed by atoms with van der Waals surface area (Å²) in [6.07, 6.45) is 6.98. The fourth-order valence-corrected chi connectivity index (χ4v) is 2.79. The summed E-state index contributed by atoms with van der Waals surface area (Å²) in [4.78, 5) is 2.77. The van der Waals surface area contributed by atoms with E-state index in [1.165, 1.54) is 51.7 Å². The third-order valence-electron chi connectivity index (χ3n) is 3.58. The Labute approximate surface area is 81.7 Å².